The first-order chi connectivity index (χ1) is 19.5. The van der Waals surface area contributed by atoms with E-state index in [1.807, 2.05) is 6.20 Å². The summed E-state index contributed by atoms with van der Waals surface area (Å²) in [4.78, 5) is 7.17. The number of aromatic nitrogens is 1. The van der Waals surface area contributed by atoms with E-state index in [1.165, 1.54) is 38.6 Å². The zero-order valence-electron chi connectivity index (χ0n) is 25.4. The molecular weight excluding hydrogens is 500 g/mol. The van der Waals surface area contributed by atoms with Crippen LogP contribution < -0.4 is 4.90 Å². The predicted molar refractivity (Wildman–Crippen MR) is 174 cm³/mol. The topological polar surface area (TPSA) is 29.3 Å². The Hall–Kier alpha value is -4.37. The quantitative estimate of drug-likeness (QED) is 0.223. The van der Waals surface area contributed by atoms with Crippen LogP contribution in [0.15, 0.2) is 89.5 Å². The van der Waals surface area contributed by atoms with Gasteiger partial charge in [-0.05, 0) is 121 Å². The lowest BCUT2D eigenvalue weighted by Gasteiger charge is -2.25. The molecule has 0 aliphatic heterocycles. The molecule has 0 spiro atoms. The van der Waals surface area contributed by atoms with Gasteiger partial charge >= 0.3 is 0 Å². The van der Waals surface area contributed by atoms with Crippen molar-refractivity contribution in [2.75, 3.05) is 4.90 Å². The van der Waals surface area contributed by atoms with Gasteiger partial charge in [0.25, 0.3) is 0 Å². The van der Waals surface area contributed by atoms with Gasteiger partial charge in [-0.25, -0.2) is 0 Å². The summed E-state index contributed by atoms with van der Waals surface area (Å²) in [5, 5.41) is 3.57. The van der Waals surface area contributed by atoms with Crippen molar-refractivity contribution in [2.45, 2.75) is 60.8 Å². The van der Waals surface area contributed by atoms with Crippen molar-refractivity contribution in [3.05, 3.63) is 118 Å². The number of rotatable bonds is 4. The number of aryl methyl sites for hydroxylation is 5. The molecule has 6 rings (SSSR count). The standard InChI is InChI=1S/C38H38N2O/c1-23-15-24(2)18-30(17-23)40(31-19-25(3)16-26(4)20-31)37-27(5)32-13-14-39-35(36(32)41-37)29-21-28-11-9-10-12-33(28)34(22-29)38(6,7)8/h9-22H,1-8H3. The Morgan fingerprint density at radius 1 is 0.659 bits per heavy atom. The predicted octanol–water partition coefficient (Wildman–Crippen LogP) is 11.0. The molecule has 4 aromatic carbocycles. The molecule has 6 aromatic rings. The number of hydrogen-bond acceptors (Lipinski definition) is 3. The molecule has 2 aromatic heterocycles. The average Bonchev–Trinajstić information content (AvgIpc) is 3.22. The largest absolute Gasteiger partial charge is 0.437 e. The summed E-state index contributed by atoms with van der Waals surface area (Å²) < 4.78 is 6.92. The van der Waals surface area contributed by atoms with Gasteiger partial charge in [-0.15, -0.1) is 0 Å². The van der Waals surface area contributed by atoms with Crippen LogP contribution in [0.25, 0.3) is 33.0 Å². The van der Waals surface area contributed by atoms with Crippen molar-refractivity contribution in [3.63, 3.8) is 0 Å². The lowest BCUT2D eigenvalue weighted by atomic mass is 9.82. The molecule has 0 amide bonds. The fourth-order valence-corrected chi connectivity index (χ4v) is 6.17. The van der Waals surface area contributed by atoms with Gasteiger partial charge in [-0.3, -0.25) is 9.88 Å². The Kier molecular flexibility index (Phi) is 6.49. The van der Waals surface area contributed by atoms with Gasteiger partial charge < -0.3 is 4.42 Å². The van der Waals surface area contributed by atoms with Gasteiger partial charge in [0, 0.05) is 34.1 Å². The first-order valence-corrected chi connectivity index (χ1v) is 14.4. The Labute approximate surface area is 243 Å². The third kappa shape index (κ3) is 4.91. The van der Waals surface area contributed by atoms with Crippen LogP contribution in [0.4, 0.5) is 17.3 Å². The van der Waals surface area contributed by atoms with E-state index in [1.54, 1.807) is 0 Å². The molecular formula is C38H38N2O. The average molecular weight is 539 g/mol. The Morgan fingerprint density at radius 3 is 1.83 bits per heavy atom. The number of furan rings is 1. The molecule has 0 bridgehead atoms. The van der Waals surface area contributed by atoms with Crippen LogP contribution >= 0.6 is 0 Å². The summed E-state index contributed by atoms with van der Waals surface area (Å²) in [6.45, 7) is 17.6. The van der Waals surface area contributed by atoms with Crippen molar-refractivity contribution in [3.8, 4) is 11.3 Å². The third-order valence-corrected chi connectivity index (χ3v) is 7.90. The van der Waals surface area contributed by atoms with Crippen molar-refractivity contribution >= 4 is 39.0 Å². The van der Waals surface area contributed by atoms with E-state index in [2.05, 4.69) is 139 Å². The van der Waals surface area contributed by atoms with Gasteiger partial charge in [-0.1, -0.05) is 57.2 Å². The van der Waals surface area contributed by atoms with Crippen LogP contribution in [0.2, 0.25) is 0 Å². The summed E-state index contributed by atoms with van der Waals surface area (Å²) in [7, 11) is 0. The minimum absolute atomic E-state index is 0.0173. The minimum atomic E-state index is -0.0173. The van der Waals surface area contributed by atoms with E-state index in [0.29, 0.717) is 0 Å². The van der Waals surface area contributed by atoms with Crippen LogP contribution in [-0.4, -0.2) is 4.98 Å². The molecule has 2 heterocycles. The second-order valence-electron chi connectivity index (χ2n) is 12.6. The maximum Gasteiger partial charge on any atom is 0.208 e. The second kappa shape index (κ2) is 9.92. The molecule has 0 unspecified atom stereocenters. The molecule has 0 atom stereocenters. The lowest BCUT2D eigenvalue weighted by Crippen LogP contribution is -2.12. The Bertz CT molecular complexity index is 1840. The number of hydrogen-bond donors (Lipinski definition) is 0. The van der Waals surface area contributed by atoms with Gasteiger partial charge in [0.2, 0.25) is 5.88 Å². The maximum atomic E-state index is 6.92. The van der Waals surface area contributed by atoms with Crippen molar-refractivity contribution < 1.29 is 4.42 Å². The third-order valence-electron chi connectivity index (χ3n) is 7.90. The van der Waals surface area contributed by atoms with Crippen molar-refractivity contribution in [1.29, 1.82) is 0 Å². The highest BCUT2D eigenvalue weighted by atomic mass is 16.4. The Morgan fingerprint density at radius 2 is 1.24 bits per heavy atom. The van der Waals surface area contributed by atoms with Gasteiger partial charge in [-0.2, -0.15) is 0 Å². The number of benzene rings is 4. The van der Waals surface area contributed by atoms with Crippen LogP contribution in [-0.2, 0) is 5.41 Å². The molecule has 0 fully saturated rings. The van der Waals surface area contributed by atoms with E-state index < -0.39 is 0 Å². The molecule has 0 aliphatic rings. The van der Waals surface area contributed by atoms with Crippen molar-refractivity contribution in [2.24, 2.45) is 0 Å². The van der Waals surface area contributed by atoms with Gasteiger partial charge in [0.15, 0.2) is 5.58 Å². The molecule has 0 saturated heterocycles. The number of pyridine rings is 1. The highest BCUT2D eigenvalue weighted by molar-refractivity contribution is 5.99. The Balaban J connectivity index is 1.62. The van der Waals surface area contributed by atoms with E-state index >= 15 is 0 Å². The van der Waals surface area contributed by atoms with Crippen LogP contribution in [0, 0.1) is 34.6 Å². The summed E-state index contributed by atoms with van der Waals surface area (Å²) in [6, 6.07) is 28.6. The van der Waals surface area contributed by atoms with Crippen LogP contribution in [0.5, 0.6) is 0 Å². The lowest BCUT2D eigenvalue weighted by molar-refractivity contribution is 0.596. The number of fused-ring (bicyclic) bond motifs is 2. The highest BCUT2D eigenvalue weighted by Gasteiger charge is 2.25. The van der Waals surface area contributed by atoms with Gasteiger partial charge in [0.05, 0.1) is 0 Å². The van der Waals surface area contributed by atoms with E-state index in [0.717, 1.165) is 45.0 Å². The molecule has 0 saturated carbocycles. The molecule has 206 valence electrons. The normalized spacial score (nSPS) is 11.9. The monoisotopic (exact) mass is 538 g/mol. The number of nitrogens with zero attached hydrogens (tertiary/aromatic N) is 2. The smallest absolute Gasteiger partial charge is 0.208 e. The SMILES string of the molecule is Cc1cc(C)cc(N(c2cc(C)cc(C)c2)c2oc3c(-c4cc(C(C)(C)C)c5ccccc5c4)nccc3c2C)c1. The van der Waals surface area contributed by atoms with Gasteiger partial charge in [0.1, 0.15) is 5.69 Å². The van der Waals surface area contributed by atoms with E-state index in [-0.39, 0.29) is 5.41 Å². The molecule has 41 heavy (non-hydrogen) atoms. The number of anilines is 3. The highest BCUT2D eigenvalue weighted by Crippen LogP contribution is 2.44. The maximum absolute atomic E-state index is 6.92. The zero-order valence-corrected chi connectivity index (χ0v) is 25.4. The van der Waals surface area contributed by atoms with E-state index in [9.17, 15) is 0 Å². The molecule has 3 nitrogen and oxygen atoms in total. The van der Waals surface area contributed by atoms with Crippen LogP contribution in [0.1, 0.15) is 54.2 Å². The molecule has 0 radical (unpaired) electrons. The molecule has 0 N–H and O–H groups in total. The van der Waals surface area contributed by atoms with E-state index in [4.69, 9.17) is 9.40 Å². The molecule has 3 heteroatoms. The summed E-state index contributed by atoms with van der Waals surface area (Å²) in [5.74, 6) is 0.820. The zero-order chi connectivity index (χ0) is 29.1. The first-order valence-electron chi connectivity index (χ1n) is 14.4. The summed E-state index contributed by atoms with van der Waals surface area (Å²) in [6.07, 6.45) is 1.91. The van der Waals surface area contributed by atoms with Crippen LogP contribution in [0.3, 0.4) is 0 Å². The second-order valence-corrected chi connectivity index (χ2v) is 12.6. The minimum Gasteiger partial charge on any atom is -0.437 e. The fourth-order valence-electron chi connectivity index (χ4n) is 6.17. The first kappa shape index (κ1) is 26.8. The van der Waals surface area contributed by atoms with Crippen molar-refractivity contribution in [1.82, 2.24) is 4.98 Å². The fraction of sp³-hybridized carbons (Fsp3) is 0.237. The summed E-state index contributed by atoms with van der Waals surface area (Å²) in [5.41, 5.74) is 12.2. The molecule has 0 aliphatic carbocycles. The summed E-state index contributed by atoms with van der Waals surface area (Å²) >= 11 is 0.